The Labute approximate surface area is 202 Å². The average Bonchev–Trinajstić information content (AvgIpc) is 2.83. The lowest BCUT2D eigenvalue weighted by molar-refractivity contribution is 0.0685. The molecule has 9 heteroatoms. The van der Waals surface area contributed by atoms with Crippen molar-refractivity contribution in [1.82, 2.24) is 9.97 Å². The fourth-order valence-corrected chi connectivity index (χ4v) is 5.00. The minimum atomic E-state index is -3.98. The minimum Gasteiger partial charge on any atom is -0.491 e. The molecule has 0 aliphatic carbocycles. The third kappa shape index (κ3) is 5.08. The molecule has 2 aromatic carbocycles. The monoisotopic (exact) mass is 487 g/mol. The third-order valence-electron chi connectivity index (χ3n) is 5.06. The zero-order chi connectivity index (χ0) is 25.0. The molecule has 0 amide bonds. The topological polar surface area (TPSA) is 118 Å². The van der Waals surface area contributed by atoms with Crippen molar-refractivity contribution in [2.45, 2.75) is 18.7 Å². The maximum Gasteiger partial charge on any atom is 0.358 e. The number of para-hydroxylation sites is 1. The number of carboxylic acid groups (broad SMARTS) is 1. The largest absolute Gasteiger partial charge is 0.491 e. The predicted molar refractivity (Wildman–Crippen MR) is 132 cm³/mol. The SMILES string of the molecule is CCOc1cc(C#Cc2ccccc2NS(=O)(=O)c2c(C)ccc3cccnc23)cnc1C(=O)O. The molecule has 0 bridgehead atoms. The van der Waals surface area contributed by atoms with Gasteiger partial charge in [0.1, 0.15) is 4.90 Å². The number of aryl methyl sites for hydroxylation is 1. The van der Waals surface area contributed by atoms with E-state index in [1.54, 1.807) is 62.5 Å². The van der Waals surface area contributed by atoms with Gasteiger partial charge >= 0.3 is 5.97 Å². The molecule has 2 heterocycles. The van der Waals surface area contributed by atoms with E-state index in [2.05, 4.69) is 26.5 Å². The molecule has 4 aromatic rings. The van der Waals surface area contributed by atoms with E-state index in [0.29, 0.717) is 33.3 Å². The minimum absolute atomic E-state index is 0.105. The number of hydrogen-bond donors (Lipinski definition) is 2. The second kappa shape index (κ2) is 9.83. The van der Waals surface area contributed by atoms with Crippen LogP contribution in [0.1, 0.15) is 34.1 Å². The highest BCUT2D eigenvalue weighted by atomic mass is 32.2. The van der Waals surface area contributed by atoms with Crippen molar-refractivity contribution in [1.29, 1.82) is 0 Å². The molecule has 35 heavy (non-hydrogen) atoms. The summed E-state index contributed by atoms with van der Waals surface area (Å²) < 4.78 is 34.8. The van der Waals surface area contributed by atoms with Gasteiger partial charge in [0.2, 0.25) is 0 Å². The van der Waals surface area contributed by atoms with Crippen molar-refractivity contribution >= 4 is 32.6 Å². The van der Waals surface area contributed by atoms with Crippen molar-refractivity contribution in [2.24, 2.45) is 0 Å². The number of aromatic nitrogens is 2. The van der Waals surface area contributed by atoms with Gasteiger partial charge in [0.25, 0.3) is 10.0 Å². The smallest absolute Gasteiger partial charge is 0.358 e. The second-order valence-corrected chi connectivity index (χ2v) is 9.12. The van der Waals surface area contributed by atoms with Gasteiger partial charge in [0.15, 0.2) is 11.4 Å². The number of anilines is 1. The molecule has 2 N–H and O–H groups in total. The van der Waals surface area contributed by atoms with Crippen molar-refractivity contribution in [2.75, 3.05) is 11.3 Å². The number of nitrogens with one attached hydrogen (secondary N) is 1. The summed E-state index contributed by atoms with van der Waals surface area (Å²) in [5, 5.41) is 9.98. The van der Waals surface area contributed by atoms with Crippen LogP contribution in [0.5, 0.6) is 5.75 Å². The summed E-state index contributed by atoms with van der Waals surface area (Å²) in [5.41, 5.74) is 1.90. The summed E-state index contributed by atoms with van der Waals surface area (Å²) in [4.78, 5) is 19.7. The molecule has 0 atom stereocenters. The standard InChI is InChI=1S/C26H21N3O5S/c1-3-34-22-15-18(16-28-24(22)26(30)31)11-13-19-7-4-5-9-21(19)29-35(32,33)25-17(2)10-12-20-8-6-14-27-23(20)25/h4-10,12,14-16,29H,3H2,1-2H3,(H,30,31). The number of nitrogens with zero attached hydrogens (tertiary/aromatic N) is 2. The molecule has 0 saturated heterocycles. The Morgan fingerprint density at radius 2 is 1.89 bits per heavy atom. The molecular formula is C26H21N3O5S. The zero-order valence-electron chi connectivity index (χ0n) is 18.9. The van der Waals surface area contributed by atoms with Gasteiger partial charge in [0.05, 0.1) is 17.8 Å². The third-order valence-corrected chi connectivity index (χ3v) is 6.60. The molecule has 0 aliphatic rings. The van der Waals surface area contributed by atoms with Crippen LogP contribution in [0.15, 0.2) is 71.9 Å². The van der Waals surface area contributed by atoms with Crippen LogP contribution < -0.4 is 9.46 Å². The van der Waals surface area contributed by atoms with Crippen molar-refractivity contribution in [3.63, 3.8) is 0 Å². The van der Waals surface area contributed by atoms with Gasteiger partial charge in [-0.3, -0.25) is 9.71 Å². The Bertz CT molecular complexity index is 1600. The van der Waals surface area contributed by atoms with Crippen molar-refractivity contribution in [3.05, 3.63) is 89.4 Å². The second-order valence-electron chi connectivity index (χ2n) is 7.50. The number of ether oxygens (including phenoxy) is 1. The lowest BCUT2D eigenvalue weighted by atomic mass is 10.1. The van der Waals surface area contributed by atoms with Gasteiger partial charge in [-0.15, -0.1) is 0 Å². The number of benzene rings is 2. The molecule has 176 valence electrons. The van der Waals surface area contributed by atoms with E-state index in [9.17, 15) is 18.3 Å². The van der Waals surface area contributed by atoms with Crippen molar-refractivity contribution < 1.29 is 23.1 Å². The summed E-state index contributed by atoms with van der Waals surface area (Å²) >= 11 is 0. The molecule has 0 aliphatic heterocycles. The number of carbonyl (C=O) groups is 1. The number of rotatable bonds is 6. The molecule has 0 saturated carbocycles. The maximum atomic E-state index is 13.4. The number of hydrogen-bond acceptors (Lipinski definition) is 6. The highest BCUT2D eigenvalue weighted by Crippen LogP contribution is 2.28. The number of sulfonamides is 1. The first-order valence-electron chi connectivity index (χ1n) is 10.6. The Balaban J connectivity index is 1.71. The zero-order valence-corrected chi connectivity index (χ0v) is 19.8. The van der Waals surface area contributed by atoms with E-state index >= 15 is 0 Å². The lowest BCUT2D eigenvalue weighted by Gasteiger charge is -2.13. The van der Waals surface area contributed by atoms with Gasteiger partial charge in [0, 0.05) is 28.9 Å². The Morgan fingerprint density at radius 1 is 1.09 bits per heavy atom. The van der Waals surface area contributed by atoms with Crippen LogP contribution in [-0.2, 0) is 10.0 Å². The Morgan fingerprint density at radius 3 is 2.66 bits per heavy atom. The summed E-state index contributed by atoms with van der Waals surface area (Å²) in [6.07, 6.45) is 2.89. The lowest BCUT2D eigenvalue weighted by Crippen LogP contribution is -2.16. The molecule has 0 fully saturated rings. The average molecular weight is 488 g/mol. The van der Waals surface area contributed by atoms with E-state index in [4.69, 9.17) is 4.74 Å². The highest BCUT2D eigenvalue weighted by molar-refractivity contribution is 7.93. The van der Waals surface area contributed by atoms with Gasteiger partial charge in [-0.25, -0.2) is 18.2 Å². The van der Waals surface area contributed by atoms with Crippen LogP contribution in [0.4, 0.5) is 5.69 Å². The summed E-state index contributed by atoms with van der Waals surface area (Å²) in [6, 6.07) is 15.4. The molecular weight excluding hydrogens is 466 g/mol. The molecule has 0 unspecified atom stereocenters. The summed E-state index contributed by atoms with van der Waals surface area (Å²) in [6.45, 7) is 3.73. The quantitative estimate of drug-likeness (QED) is 0.391. The van der Waals surface area contributed by atoms with E-state index in [1.165, 1.54) is 12.3 Å². The van der Waals surface area contributed by atoms with Crippen LogP contribution in [-0.4, -0.2) is 36.1 Å². The molecule has 8 nitrogen and oxygen atoms in total. The Hall–Kier alpha value is -4.42. The van der Waals surface area contributed by atoms with E-state index < -0.39 is 16.0 Å². The van der Waals surface area contributed by atoms with Gasteiger partial charge in [-0.05, 0) is 43.7 Å². The highest BCUT2D eigenvalue weighted by Gasteiger charge is 2.22. The molecule has 4 rings (SSSR count). The first-order valence-corrected chi connectivity index (χ1v) is 12.1. The maximum absolute atomic E-state index is 13.4. The molecule has 0 spiro atoms. The van der Waals surface area contributed by atoms with E-state index in [1.807, 2.05) is 6.07 Å². The number of carboxylic acids is 1. The molecule has 0 radical (unpaired) electrons. The summed E-state index contributed by atoms with van der Waals surface area (Å²) in [5.74, 6) is 4.75. The fraction of sp³-hybridized carbons (Fsp3) is 0.115. The number of fused-ring (bicyclic) bond motifs is 1. The normalized spacial score (nSPS) is 10.9. The van der Waals surface area contributed by atoms with E-state index in [0.717, 1.165) is 0 Å². The summed E-state index contributed by atoms with van der Waals surface area (Å²) in [7, 11) is -3.98. The van der Waals surface area contributed by atoms with Gasteiger partial charge in [-0.1, -0.05) is 42.2 Å². The number of aromatic carboxylic acids is 1. The van der Waals surface area contributed by atoms with Crippen LogP contribution in [0.25, 0.3) is 10.9 Å². The van der Waals surface area contributed by atoms with Crippen LogP contribution in [0.3, 0.4) is 0 Å². The van der Waals surface area contributed by atoms with E-state index in [-0.39, 0.29) is 22.9 Å². The van der Waals surface area contributed by atoms with Gasteiger partial charge < -0.3 is 9.84 Å². The predicted octanol–water partition coefficient (Wildman–Crippen LogP) is 4.24. The van der Waals surface area contributed by atoms with Gasteiger partial charge in [-0.2, -0.15) is 0 Å². The first-order chi connectivity index (χ1) is 16.8. The van der Waals surface area contributed by atoms with Crippen LogP contribution >= 0.6 is 0 Å². The number of pyridine rings is 2. The Kier molecular flexibility index (Phi) is 6.66. The first kappa shape index (κ1) is 23.7. The van der Waals surface area contributed by atoms with Crippen LogP contribution in [0, 0.1) is 18.8 Å². The fourth-order valence-electron chi connectivity index (χ4n) is 3.51. The molecule has 2 aromatic heterocycles. The van der Waals surface area contributed by atoms with Crippen molar-refractivity contribution in [3.8, 4) is 17.6 Å². The van der Waals surface area contributed by atoms with Crippen LogP contribution in [0.2, 0.25) is 0 Å².